The van der Waals surface area contributed by atoms with Gasteiger partial charge >= 0.3 is 12.0 Å². The number of nitro benzene ring substituents is 1. The van der Waals surface area contributed by atoms with Gasteiger partial charge < -0.3 is 20.8 Å². The summed E-state index contributed by atoms with van der Waals surface area (Å²) in [6.07, 6.45) is -0.135. The highest BCUT2D eigenvalue weighted by Crippen LogP contribution is 2.26. The van der Waals surface area contributed by atoms with Crippen molar-refractivity contribution in [1.82, 2.24) is 5.32 Å². The number of carbonyl (C=O) groups is 2. The van der Waals surface area contributed by atoms with Crippen LogP contribution in [0, 0.1) is 10.1 Å². The Balaban J connectivity index is 2.74. The second kappa shape index (κ2) is 7.55. The quantitative estimate of drug-likeness (QED) is 0.444. The molecule has 1 aromatic carbocycles. The van der Waals surface area contributed by atoms with Crippen LogP contribution in [0.4, 0.5) is 16.2 Å². The van der Waals surface area contributed by atoms with Crippen LogP contribution in [-0.4, -0.2) is 39.8 Å². The smallest absolute Gasteiger partial charge is 0.326 e. The molecule has 0 heterocycles. The number of amides is 2. The number of carbonyl (C=O) groups excluding carboxylic acids is 1. The van der Waals surface area contributed by atoms with Crippen molar-refractivity contribution in [2.75, 3.05) is 11.9 Å². The van der Waals surface area contributed by atoms with Crippen molar-refractivity contribution in [3.63, 3.8) is 0 Å². The van der Waals surface area contributed by atoms with E-state index >= 15 is 0 Å². The third-order valence-electron chi connectivity index (χ3n) is 2.43. The SMILES string of the molecule is O=C(Nc1ccc([N+](=O)[O-])cc1Br)N[C@@H](CCO)C(=O)O. The lowest BCUT2D eigenvalue weighted by molar-refractivity contribution is -0.384. The molecule has 4 N–H and O–H groups in total. The van der Waals surface area contributed by atoms with Crippen molar-refractivity contribution in [3.05, 3.63) is 32.8 Å². The Bertz CT molecular complexity index is 565. The standard InChI is InChI=1S/C11H12BrN3O6/c12-7-5-6(15(20)21)1-2-8(7)13-11(19)14-9(3-4-16)10(17)18/h1-2,5,9,16H,3-4H2,(H,17,18)(H2,13,14,19)/t9-/m0/s1. The van der Waals surface area contributed by atoms with Gasteiger partial charge in [-0.1, -0.05) is 0 Å². The molecule has 1 atom stereocenters. The predicted octanol–water partition coefficient (Wildman–Crippen LogP) is 1.31. The Morgan fingerprint density at radius 3 is 2.57 bits per heavy atom. The van der Waals surface area contributed by atoms with E-state index in [0.717, 1.165) is 0 Å². The predicted molar refractivity (Wildman–Crippen MR) is 76.1 cm³/mol. The Kier molecular flexibility index (Phi) is 6.06. The van der Waals surface area contributed by atoms with Crippen LogP contribution in [0.1, 0.15) is 6.42 Å². The van der Waals surface area contributed by atoms with Gasteiger partial charge in [-0.2, -0.15) is 0 Å². The van der Waals surface area contributed by atoms with E-state index in [-0.39, 0.29) is 22.3 Å². The summed E-state index contributed by atoms with van der Waals surface area (Å²) in [6, 6.07) is 1.68. The fourth-order valence-electron chi connectivity index (χ4n) is 1.42. The molecule has 0 saturated heterocycles. The molecule has 0 bridgehead atoms. The fraction of sp³-hybridized carbons (Fsp3) is 0.273. The van der Waals surface area contributed by atoms with Gasteiger partial charge in [0.25, 0.3) is 5.69 Å². The van der Waals surface area contributed by atoms with Gasteiger partial charge in [0.1, 0.15) is 6.04 Å². The number of hydrogen-bond acceptors (Lipinski definition) is 5. The van der Waals surface area contributed by atoms with E-state index in [4.69, 9.17) is 10.2 Å². The summed E-state index contributed by atoms with van der Waals surface area (Å²) in [7, 11) is 0. The van der Waals surface area contributed by atoms with Crippen LogP contribution in [0.25, 0.3) is 0 Å². The summed E-state index contributed by atoms with van der Waals surface area (Å²) >= 11 is 3.07. The summed E-state index contributed by atoms with van der Waals surface area (Å²) in [5.74, 6) is -1.28. The van der Waals surface area contributed by atoms with E-state index < -0.39 is 29.6 Å². The summed E-state index contributed by atoms with van der Waals surface area (Å²) in [5, 5.41) is 32.6. The number of non-ortho nitro benzene ring substituents is 1. The van der Waals surface area contributed by atoms with Gasteiger partial charge in [-0.05, 0) is 22.0 Å². The number of rotatable bonds is 6. The highest BCUT2D eigenvalue weighted by molar-refractivity contribution is 9.10. The zero-order valence-corrected chi connectivity index (χ0v) is 12.2. The third-order valence-corrected chi connectivity index (χ3v) is 3.09. The van der Waals surface area contributed by atoms with Crippen LogP contribution in [0.3, 0.4) is 0 Å². The van der Waals surface area contributed by atoms with Gasteiger partial charge in [0, 0.05) is 29.6 Å². The molecular weight excluding hydrogens is 350 g/mol. The molecule has 0 fully saturated rings. The number of hydrogen-bond donors (Lipinski definition) is 4. The molecule has 0 saturated carbocycles. The first-order valence-electron chi connectivity index (χ1n) is 5.70. The highest BCUT2D eigenvalue weighted by atomic mass is 79.9. The summed E-state index contributed by atoms with van der Waals surface area (Å²) in [5.41, 5.74) is 0.0859. The lowest BCUT2D eigenvalue weighted by Crippen LogP contribution is -2.43. The number of aliphatic hydroxyl groups excluding tert-OH is 1. The molecule has 1 aromatic rings. The number of urea groups is 1. The Hall–Kier alpha value is -2.20. The van der Waals surface area contributed by atoms with Crippen molar-refractivity contribution >= 4 is 39.3 Å². The number of carboxylic acid groups (broad SMARTS) is 1. The molecule has 9 nitrogen and oxygen atoms in total. The lowest BCUT2D eigenvalue weighted by Gasteiger charge is -2.14. The molecule has 2 amide bonds. The van der Waals surface area contributed by atoms with E-state index in [1.165, 1.54) is 18.2 Å². The van der Waals surface area contributed by atoms with Crippen molar-refractivity contribution in [2.24, 2.45) is 0 Å². The molecular formula is C11H12BrN3O6. The maximum Gasteiger partial charge on any atom is 0.326 e. The number of benzene rings is 1. The Labute approximate surface area is 127 Å². The maximum atomic E-state index is 11.7. The summed E-state index contributed by atoms with van der Waals surface area (Å²) < 4.78 is 0.279. The number of carboxylic acids is 1. The van der Waals surface area contributed by atoms with Crippen LogP contribution >= 0.6 is 15.9 Å². The monoisotopic (exact) mass is 361 g/mol. The number of nitro groups is 1. The van der Waals surface area contributed by atoms with E-state index in [2.05, 4.69) is 26.6 Å². The number of halogens is 1. The highest BCUT2D eigenvalue weighted by Gasteiger charge is 2.20. The van der Waals surface area contributed by atoms with E-state index in [1.807, 2.05) is 0 Å². The fourth-order valence-corrected chi connectivity index (χ4v) is 1.89. The van der Waals surface area contributed by atoms with Crippen LogP contribution < -0.4 is 10.6 Å². The summed E-state index contributed by atoms with van der Waals surface area (Å²) in [4.78, 5) is 32.5. The second-order valence-electron chi connectivity index (χ2n) is 3.92. The molecule has 114 valence electrons. The number of aliphatic hydroxyl groups is 1. The molecule has 0 radical (unpaired) electrons. The van der Waals surface area contributed by atoms with Crippen molar-refractivity contribution < 1.29 is 24.7 Å². The first-order valence-corrected chi connectivity index (χ1v) is 6.49. The molecule has 0 aliphatic rings. The number of nitrogens with one attached hydrogen (secondary N) is 2. The van der Waals surface area contributed by atoms with E-state index in [1.54, 1.807) is 0 Å². The van der Waals surface area contributed by atoms with Gasteiger partial charge in [0.05, 0.1) is 10.6 Å². The van der Waals surface area contributed by atoms with Gasteiger partial charge in [0.2, 0.25) is 0 Å². The van der Waals surface area contributed by atoms with Gasteiger partial charge in [0.15, 0.2) is 0 Å². The average Bonchev–Trinajstić information content (AvgIpc) is 2.40. The van der Waals surface area contributed by atoms with E-state index in [0.29, 0.717) is 0 Å². The molecule has 10 heteroatoms. The number of nitrogens with zero attached hydrogens (tertiary/aromatic N) is 1. The summed E-state index contributed by atoms with van der Waals surface area (Å²) in [6.45, 7) is -0.390. The van der Waals surface area contributed by atoms with E-state index in [9.17, 15) is 19.7 Å². The zero-order valence-electron chi connectivity index (χ0n) is 10.6. The minimum atomic E-state index is -1.28. The minimum absolute atomic E-state index is 0.135. The van der Waals surface area contributed by atoms with Gasteiger partial charge in [-0.3, -0.25) is 10.1 Å². The van der Waals surface area contributed by atoms with Gasteiger partial charge in [-0.15, -0.1) is 0 Å². The Morgan fingerprint density at radius 2 is 2.10 bits per heavy atom. The minimum Gasteiger partial charge on any atom is -0.480 e. The molecule has 0 spiro atoms. The topological polar surface area (TPSA) is 142 Å². The molecule has 0 unspecified atom stereocenters. The first kappa shape index (κ1) is 16.9. The van der Waals surface area contributed by atoms with Crippen LogP contribution in [-0.2, 0) is 4.79 Å². The average molecular weight is 362 g/mol. The largest absolute Gasteiger partial charge is 0.480 e. The molecule has 0 aromatic heterocycles. The van der Waals surface area contributed by atoms with Crippen molar-refractivity contribution in [1.29, 1.82) is 0 Å². The number of anilines is 1. The number of aliphatic carboxylic acids is 1. The Morgan fingerprint density at radius 1 is 1.43 bits per heavy atom. The molecule has 0 aliphatic carbocycles. The van der Waals surface area contributed by atoms with Crippen molar-refractivity contribution in [3.8, 4) is 0 Å². The first-order chi connectivity index (χ1) is 9.85. The van der Waals surface area contributed by atoms with Crippen LogP contribution in [0.15, 0.2) is 22.7 Å². The second-order valence-corrected chi connectivity index (χ2v) is 4.78. The maximum absolute atomic E-state index is 11.7. The van der Waals surface area contributed by atoms with Crippen LogP contribution in [0.2, 0.25) is 0 Å². The van der Waals surface area contributed by atoms with Gasteiger partial charge in [-0.25, -0.2) is 9.59 Å². The van der Waals surface area contributed by atoms with Crippen molar-refractivity contribution in [2.45, 2.75) is 12.5 Å². The molecule has 0 aliphatic heterocycles. The zero-order chi connectivity index (χ0) is 16.0. The molecule has 1 rings (SSSR count). The third kappa shape index (κ3) is 5.00. The molecule has 21 heavy (non-hydrogen) atoms. The van der Waals surface area contributed by atoms with Crippen LogP contribution in [0.5, 0.6) is 0 Å². The normalized spacial score (nSPS) is 11.5. The lowest BCUT2D eigenvalue weighted by atomic mass is 10.2.